The number of fused-ring (bicyclic) bond motifs is 3. The highest BCUT2D eigenvalue weighted by atomic mass is 32.2. The summed E-state index contributed by atoms with van der Waals surface area (Å²) in [5.41, 5.74) is 1.15. The SMILES string of the molecule is O=C(O)c1cccc2c1NS(=O)(=O)c1ccccc1-2. The summed E-state index contributed by atoms with van der Waals surface area (Å²) in [4.78, 5) is 11.3. The molecule has 1 heterocycles. The summed E-state index contributed by atoms with van der Waals surface area (Å²) in [6.45, 7) is 0. The third-order valence-corrected chi connectivity index (χ3v) is 4.41. The quantitative estimate of drug-likeness (QED) is 0.835. The lowest BCUT2D eigenvalue weighted by molar-refractivity contribution is 0.0698. The van der Waals surface area contributed by atoms with Crippen LogP contribution in [0.25, 0.3) is 11.1 Å². The Kier molecular flexibility index (Phi) is 2.36. The molecule has 0 bridgehead atoms. The van der Waals surface area contributed by atoms with Gasteiger partial charge in [0.25, 0.3) is 10.0 Å². The molecule has 3 rings (SSSR count). The van der Waals surface area contributed by atoms with Crippen molar-refractivity contribution in [3.63, 3.8) is 0 Å². The van der Waals surface area contributed by atoms with E-state index >= 15 is 0 Å². The summed E-state index contributed by atoms with van der Waals surface area (Å²) in [6, 6.07) is 11.2. The summed E-state index contributed by atoms with van der Waals surface area (Å²) in [5, 5.41) is 9.12. The molecular formula is C13H9NO4S. The number of rotatable bonds is 1. The molecule has 96 valence electrons. The van der Waals surface area contributed by atoms with E-state index in [2.05, 4.69) is 4.72 Å². The van der Waals surface area contributed by atoms with E-state index < -0.39 is 16.0 Å². The maximum absolute atomic E-state index is 12.1. The number of benzene rings is 2. The van der Waals surface area contributed by atoms with E-state index in [4.69, 9.17) is 5.11 Å². The van der Waals surface area contributed by atoms with Gasteiger partial charge in [-0.1, -0.05) is 30.3 Å². The first-order valence-electron chi connectivity index (χ1n) is 5.49. The van der Waals surface area contributed by atoms with E-state index in [0.29, 0.717) is 11.1 Å². The van der Waals surface area contributed by atoms with Gasteiger partial charge in [-0.15, -0.1) is 0 Å². The normalized spacial score (nSPS) is 14.9. The number of anilines is 1. The second-order valence-corrected chi connectivity index (χ2v) is 5.79. The minimum absolute atomic E-state index is 0.0596. The van der Waals surface area contributed by atoms with Gasteiger partial charge in [0.05, 0.1) is 16.1 Å². The first-order valence-corrected chi connectivity index (χ1v) is 6.97. The van der Waals surface area contributed by atoms with Crippen LogP contribution >= 0.6 is 0 Å². The van der Waals surface area contributed by atoms with Gasteiger partial charge in [0.15, 0.2) is 0 Å². The largest absolute Gasteiger partial charge is 0.478 e. The van der Waals surface area contributed by atoms with Gasteiger partial charge >= 0.3 is 5.97 Å². The Hall–Kier alpha value is -2.34. The van der Waals surface area contributed by atoms with Crippen LogP contribution in [0.3, 0.4) is 0 Å². The van der Waals surface area contributed by atoms with Crippen LogP contribution in [0, 0.1) is 0 Å². The maximum atomic E-state index is 12.1. The second kappa shape index (κ2) is 3.83. The molecule has 0 atom stereocenters. The van der Waals surface area contributed by atoms with Crippen LogP contribution in [0.5, 0.6) is 0 Å². The van der Waals surface area contributed by atoms with Crippen molar-refractivity contribution in [2.45, 2.75) is 4.90 Å². The minimum atomic E-state index is -3.72. The average Bonchev–Trinajstić information content (AvgIpc) is 2.38. The van der Waals surface area contributed by atoms with Gasteiger partial charge < -0.3 is 5.11 Å². The van der Waals surface area contributed by atoms with Gasteiger partial charge in [-0.25, -0.2) is 13.2 Å². The number of carboxylic acid groups (broad SMARTS) is 1. The Morgan fingerprint density at radius 2 is 1.68 bits per heavy atom. The lowest BCUT2D eigenvalue weighted by Gasteiger charge is -2.22. The molecule has 5 nitrogen and oxygen atoms in total. The molecule has 19 heavy (non-hydrogen) atoms. The van der Waals surface area contributed by atoms with Gasteiger partial charge in [-0.05, 0) is 12.1 Å². The Morgan fingerprint density at radius 1 is 1.00 bits per heavy atom. The fraction of sp³-hybridized carbons (Fsp3) is 0. The van der Waals surface area contributed by atoms with Crippen molar-refractivity contribution in [1.82, 2.24) is 0 Å². The number of para-hydroxylation sites is 1. The average molecular weight is 275 g/mol. The molecule has 6 heteroatoms. The smallest absolute Gasteiger partial charge is 0.337 e. The van der Waals surface area contributed by atoms with Crippen molar-refractivity contribution in [2.75, 3.05) is 4.72 Å². The maximum Gasteiger partial charge on any atom is 0.337 e. The zero-order valence-electron chi connectivity index (χ0n) is 9.62. The van der Waals surface area contributed by atoms with Crippen LogP contribution in [-0.2, 0) is 10.0 Å². The monoisotopic (exact) mass is 275 g/mol. The van der Waals surface area contributed by atoms with Crippen LogP contribution in [0.15, 0.2) is 47.4 Å². The number of nitrogens with one attached hydrogen (secondary N) is 1. The predicted molar refractivity (Wildman–Crippen MR) is 69.6 cm³/mol. The molecule has 2 aromatic carbocycles. The number of hydrogen-bond donors (Lipinski definition) is 2. The van der Waals surface area contributed by atoms with Gasteiger partial charge in [-0.2, -0.15) is 0 Å². The molecule has 0 saturated carbocycles. The lowest BCUT2D eigenvalue weighted by atomic mass is 10.00. The van der Waals surface area contributed by atoms with E-state index in [9.17, 15) is 13.2 Å². The van der Waals surface area contributed by atoms with E-state index in [1.54, 1.807) is 30.3 Å². The number of sulfonamides is 1. The highest BCUT2D eigenvalue weighted by Crippen LogP contribution is 2.40. The highest BCUT2D eigenvalue weighted by Gasteiger charge is 2.29. The van der Waals surface area contributed by atoms with Crippen molar-refractivity contribution >= 4 is 21.7 Å². The summed E-state index contributed by atoms with van der Waals surface area (Å²) in [5.74, 6) is -1.17. The molecule has 1 aliphatic heterocycles. The molecule has 0 radical (unpaired) electrons. The zero-order chi connectivity index (χ0) is 13.6. The molecule has 0 unspecified atom stereocenters. The van der Waals surface area contributed by atoms with Crippen molar-refractivity contribution < 1.29 is 18.3 Å². The molecule has 2 N–H and O–H groups in total. The van der Waals surface area contributed by atoms with Gasteiger partial charge in [0.2, 0.25) is 0 Å². The first kappa shape index (κ1) is 11.7. The van der Waals surface area contributed by atoms with Crippen LogP contribution in [0.2, 0.25) is 0 Å². The summed E-state index contributed by atoms with van der Waals surface area (Å²) in [6.07, 6.45) is 0. The number of hydrogen-bond acceptors (Lipinski definition) is 3. The Bertz CT molecular complexity index is 796. The van der Waals surface area contributed by atoms with Crippen LogP contribution in [-0.4, -0.2) is 19.5 Å². The highest BCUT2D eigenvalue weighted by molar-refractivity contribution is 7.93. The molecule has 1 aliphatic rings. The van der Waals surface area contributed by atoms with Crippen molar-refractivity contribution in [2.24, 2.45) is 0 Å². The summed E-state index contributed by atoms with van der Waals surface area (Å²) < 4.78 is 26.5. The zero-order valence-corrected chi connectivity index (χ0v) is 10.4. The minimum Gasteiger partial charge on any atom is -0.478 e. The third kappa shape index (κ3) is 1.68. The number of carboxylic acids is 1. The van der Waals surface area contributed by atoms with Crippen molar-refractivity contribution in [3.8, 4) is 11.1 Å². The van der Waals surface area contributed by atoms with Crippen molar-refractivity contribution in [3.05, 3.63) is 48.0 Å². The molecule has 0 fully saturated rings. The van der Waals surface area contributed by atoms with E-state index in [1.807, 2.05) is 0 Å². The topological polar surface area (TPSA) is 83.5 Å². The van der Waals surface area contributed by atoms with Crippen LogP contribution in [0.1, 0.15) is 10.4 Å². The molecule has 0 spiro atoms. The van der Waals surface area contributed by atoms with E-state index in [1.165, 1.54) is 12.1 Å². The van der Waals surface area contributed by atoms with Crippen molar-refractivity contribution in [1.29, 1.82) is 0 Å². The third-order valence-electron chi connectivity index (χ3n) is 3.00. The number of aromatic carboxylic acids is 1. The molecule has 0 amide bonds. The van der Waals surface area contributed by atoms with Gasteiger partial charge in [0, 0.05) is 11.1 Å². The molecule has 0 aliphatic carbocycles. The first-order chi connectivity index (χ1) is 9.00. The number of carbonyl (C=O) groups is 1. The fourth-order valence-corrected chi connectivity index (χ4v) is 3.50. The Labute approximate surface area is 109 Å². The van der Waals surface area contributed by atoms with Crippen LogP contribution in [0.4, 0.5) is 5.69 Å². The van der Waals surface area contributed by atoms with Crippen LogP contribution < -0.4 is 4.72 Å². The van der Waals surface area contributed by atoms with E-state index in [-0.39, 0.29) is 16.1 Å². The standard InChI is InChI=1S/C13H9NO4S/c15-13(16)10-6-3-5-9-8-4-1-2-7-11(8)19(17,18)14-12(9)10/h1-7,14H,(H,15,16). The summed E-state index contributed by atoms with van der Waals surface area (Å²) >= 11 is 0. The van der Waals surface area contributed by atoms with Gasteiger partial charge in [-0.3, -0.25) is 4.72 Å². The molecular weight excluding hydrogens is 266 g/mol. The molecule has 2 aromatic rings. The Balaban J connectivity index is 2.41. The second-order valence-electron chi connectivity index (χ2n) is 4.13. The molecule has 0 saturated heterocycles. The Morgan fingerprint density at radius 3 is 2.42 bits per heavy atom. The summed E-state index contributed by atoms with van der Waals surface area (Å²) in [7, 11) is -3.72. The van der Waals surface area contributed by atoms with Gasteiger partial charge in [0.1, 0.15) is 0 Å². The fourth-order valence-electron chi connectivity index (χ4n) is 2.18. The molecule has 0 aromatic heterocycles. The predicted octanol–water partition coefficient (Wildman–Crippen LogP) is 2.17. The van der Waals surface area contributed by atoms with E-state index in [0.717, 1.165) is 0 Å². The lowest BCUT2D eigenvalue weighted by Crippen LogP contribution is -2.21.